The monoisotopic (exact) mass is 520 g/mol. The molecule has 3 heterocycles. The smallest absolute Gasteiger partial charge is 0.318 e. The number of amides is 3. The van der Waals surface area contributed by atoms with E-state index in [1.54, 1.807) is 23.5 Å². The highest BCUT2D eigenvalue weighted by Gasteiger charge is 2.32. The van der Waals surface area contributed by atoms with Crippen LogP contribution in [0.5, 0.6) is 0 Å². The number of rotatable bonds is 6. The van der Waals surface area contributed by atoms with Gasteiger partial charge in [-0.25, -0.2) is 9.18 Å². The molecule has 2 atom stereocenters. The van der Waals surface area contributed by atoms with Crippen LogP contribution in [0, 0.1) is 5.82 Å². The zero-order valence-corrected chi connectivity index (χ0v) is 21.9. The molecule has 8 heteroatoms. The molecular formula is C29H33FN4O2S. The summed E-state index contributed by atoms with van der Waals surface area (Å²) < 4.78 is 14.1. The van der Waals surface area contributed by atoms with Crippen LogP contribution in [0.25, 0.3) is 0 Å². The van der Waals surface area contributed by atoms with Gasteiger partial charge in [0.1, 0.15) is 5.82 Å². The maximum atomic E-state index is 14.1. The average molecular weight is 521 g/mol. The summed E-state index contributed by atoms with van der Waals surface area (Å²) in [4.78, 5) is 33.3. The molecule has 194 valence electrons. The van der Waals surface area contributed by atoms with Gasteiger partial charge in [-0.3, -0.25) is 9.69 Å². The van der Waals surface area contributed by atoms with Crippen molar-refractivity contribution in [2.45, 2.75) is 38.4 Å². The van der Waals surface area contributed by atoms with Gasteiger partial charge < -0.3 is 15.1 Å². The second kappa shape index (κ2) is 11.4. The first-order valence-corrected chi connectivity index (χ1v) is 13.8. The highest BCUT2D eigenvalue weighted by atomic mass is 32.1. The standard InChI is InChI=1S/C29H33FN4O2S/c1-21-20-33(15-16-34(21)29(36)31-19-22-6-3-2-4-7-22)27(35)11-14-32-13-10-26-25(12-17-37-26)28(32)23-8-5-9-24(30)18-23/h2-9,12,17-18,21,28H,10-11,13-16,19-20H2,1H3,(H,31,36)/t21-,28-/m0/s1. The molecule has 1 fully saturated rings. The number of carbonyl (C=O) groups excluding carboxylic acids is 2. The highest BCUT2D eigenvalue weighted by molar-refractivity contribution is 7.10. The van der Waals surface area contributed by atoms with E-state index in [-0.39, 0.29) is 29.8 Å². The van der Waals surface area contributed by atoms with E-state index in [1.165, 1.54) is 16.5 Å². The Morgan fingerprint density at radius 2 is 1.89 bits per heavy atom. The molecule has 0 radical (unpaired) electrons. The molecule has 0 aliphatic carbocycles. The van der Waals surface area contributed by atoms with Crippen molar-refractivity contribution in [3.8, 4) is 0 Å². The summed E-state index contributed by atoms with van der Waals surface area (Å²) in [5.74, 6) is -0.138. The van der Waals surface area contributed by atoms with E-state index in [1.807, 2.05) is 53.1 Å². The Morgan fingerprint density at radius 3 is 2.68 bits per heavy atom. The Balaban J connectivity index is 1.16. The van der Waals surface area contributed by atoms with Gasteiger partial charge in [0.25, 0.3) is 0 Å². The molecular weight excluding hydrogens is 487 g/mol. The molecule has 0 saturated carbocycles. The number of nitrogens with zero attached hydrogens (tertiary/aromatic N) is 3. The molecule has 2 aromatic carbocycles. The van der Waals surface area contributed by atoms with Crippen molar-refractivity contribution in [1.29, 1.82) is 0 Å². The van der Waals surface area contributed by atoms with Crippen molar-refractivity contribution < 1.29 is 14.0 Å². The third-order valence-corrected chi connectivity index (χ3v) is 8.37. The quantitative estimate of drug-likeness (QED) is 0.514. The number of fused-ring (bicyclic) bond motifs is 1. The molecule has 1 aromatic heterocycles. The lowest BCUT2D eigenvalue weighted by atomic mass is 9.93. The van der Waals surface area contributed by atoms with Crippen LogP contribution < -0.4 is 5.32 Å². The number of benzene rings is 2. The van der Waals surface area contributed by atoms with E-state index in [2.05, 4.69) is 21.7 Å². The van der Waals surface area contributed by atoms with Crippen LogP contribution in [-0.4, -0.2) is 65.4 Å². The molecule has 37 heavy (non-hydrogen) atoms. The predicted molar refractivity (Wildman–Crippen MR) is 144 cm³/mol. The first kappa shape index (κ1) is 25.4. The van der Waals surface area contributed by atoms with Crippen LogP contribution >= 0.6 is 11.3 Å². The summed E-state index contributed by atoms with van der Waals surface area (Å²) in [6.45, 7) is 5.50. The van der Waals surface area contributed by atoms with E-state index in [4.69, 9.17) is 0 Å². The van der Waals surface area contributed by atoms with Gasteiger partial charge in [-0.2, -0.15) is 0 Å². The number of hydrogen-bond acceptors (Lipinski definition) is 4. The molecule has 3 amide bonds. The topological polar surface area (TPSA) is 55.9 Å². The van der Waals surface area contributed by atoms with E-state index in [9.17, 15) is 14.0 Å². The number of piperazine rings is 1. The van der Waals surface area contributed by atoms with Crippen LogP contribution in [0.2, 0.25) is 0 Å². The Bertz CT molecular complexity index is 1230. The van der Waals surface area contributed by atoms with Crippen molar-refractivity contribution in [3.05, 3.63) is 93.4 Å². The maximum Gasteiger partial charge on any atom is 0.318 e. The molecule has 3 aromatic rings. The van der Waals surface area contributed by atoms with Crippen molar-refractivity contribution in [2.75, 3.05) is 32.7 Å². The lowest BCUT2D eigenvalue weighted by Crippen LogP contribution is -2.57. The minimum Gasteiger partial charge on any atom is -0.339 e. The average Bonchev–Trinajstić information content (AvgIpc) is 3.39. The van der Waals surface area contributed by atoms with Gasteiger partial charge in [0.15, 0.2) is 0 Å². The van der Waals surface area contributed by atoms with Crippen LogP contribution in [0.4, 0.5) is 9.18 Å². The molecule has 1 saturated heterocycles. The van der Waals surface area contributed by atoms with E-state index in [0.717, 1.165) is 24.1 Å². The molecule has 0 bridgehead atoms. The van der Waals surface area contributed by atoms with E-state index < -0.39 is 0 Å². The SMILES string of the molecule is C[C@H]1CN(C(=O)CCN2CCc3sccc3[C@@H]2c2cccc(F)c2)CCN1C(=O)NCc1ccccc1. The fraction of sp³-hybridized carbons (Fsp3) is 0.379. The van der Waals surface area contributed by atoms with Crippen molar-refractivity contribution in [2.24, 2.45) is 0 Å². The fourth-order valence-electron chi connectivity index (χ4n) is 5.43. The van der Waals surface area contributed by atoms with E-state index in [0.29, 0.717) is 39.1 Å². The molecule has 0 spiro atoms. The summed E-state index contributed by atoms with van der Waals surface area (Å²) in [7, 11) is 0. The molecule has 1 N–H and O–H groups in total. The van der Waals surface area contributed by atoms with Crippen molar-refractivity contribution >= 4 is 23.3 Å². The number of halogens is 1. The van der Waals surface area contributed by atoms with Gasteiger partial charge in [0.05, 0.1) is 6.04 Å². The molecule has 6 nitrogen and oxygen atoms in total. The third kappa shape index (κ3) is 5.86. The zero-order valence-electron chi connectivity index (χ0n) is 21.1. The molecule has 0 unspecified atom stereocenters. The van der Waals surface area contributed by atoms with Gasteiger partial charge in [0, 0.05) is 56.6 Å². The lowest BCUT2D eigenvalue weighted by Gasteiger charge is -2.40. The Hall–Kier alpha value is -3.23. The van der Waals surface area contributed by atoms with Crippen LogP contribution in [0.15, 0.2) is 66.0 Å². The molecule has 5 rings (SSSR count). The van der Waals surface area contributed by atoms with Gasteiger partial charge >= 0.3 is 6.03 Å². The second-order valence-corrected chi connectivity index (χ2v) is 10.8. The van der Waals surface area contributed by atoms with Gasteiger partial charge in [0.2, 0.25) is 5.91 Å². The Morgan fingerprint density at radius 1 is 1.05 bits per heavy atom. The van der Waals surface area contributed by atoms with Crippen LogP contribution in [-0.2, 0) is 17.8 Å². The summed E-state index contributed by atoms with van der Waals surface area (Å²) in [5, 5.41) is 5.09. The van der Waals surface area contributed by atoms with Crippen LogP contribution in [0.3, 0.4) is 0 Å². The number of urea groups is 1. The van der Waals surface area contributed by atoms with Gasteiger partial charge in [-0.1, -0.05) is 42.5 Å². The predicted octanol–water partition coefficient (Wildman–Crippen LogP) is 4.67. The molecule has 2 aliphatic rings. The largest absolute Gasteiger partial charge is 0.339 e. The second-order valence-electron chi connectivity index (χ2n) is 9.82. The van der Waals surface area contributed by atoms with Gasteiger partial charge in [-0.05, 0) is 53.6 Å². The van der Waals surface area contributed by atoms with Crippen molar-refractivity contribution in [1.82, 2.24) is 20.0 Å². The minimum atomic E-state index is -0.240. The Kier molecular flexibility index (Phi) is 7.86. The normalized spacial score (nSPS) is 19.9. The van der Waals surface area contributed by atoms with Crippen molar-refractivity contribution in [3.63, 3.8) is 0 Å². The zero-order chi connectivity index (χ0) is 25.8. The maximum absolute atomic E-state index is 14.1. The number of carbonyl (C=O) groups is 2. The molecule has 2 aliphatic heterocycles. The summed E-state index contributed by atoms with van der Waals surface area (Å²) in [6.07, 6.45) is 1.35. The number of thiophene rings is 1. The third-order valence-electron chi connectivity index (χ3n) is 7.37. The van der Waals surface area contributed by atoms with E-state index >= 15 is 0 Å². The minimum absolute atomic E-state index is 0.0393. The summed E-state index contributed by atoms with van der Waals surface area (Å²) in [6, 6.07) is 18.6. The first-order valence-electron chi connectivity index (χ1n) is 12.9. The lowest BCUT2D eigenvalue weighted by molar-refractivity contribution is -0.134. The summed E-state index contributed by atoms with van der Waals surface area (Å²) >= 11 is 1.75. The Labute approximate surface area is 221 Å². The highest BCUT2D eigenvalue weighted by Crippen LogP contribution is 2.38. The fourth-order valence-corrected chi connectivity index (χ4v) is 6.34. The first-order chi connectivity index (χ1) is 18.0. The summed E-state index contributed by atoms with van der Waals surface area (Å²) in [5.41, 5.74) is 3.20. The van der Waals surface area contributed by atoms with Gasteiger partial charge in [-0.15, -0.1) is 11.3 Å². The van der Waals surface area contributed by atoms with Crippen LogP contribution in [0.1, 0.15) is 41.0 Å². The number of nitrogens with one attached hydrogen (secondary N) is 1. The number of hydrogen-bond donors (Lipinski definition) is 1.